The number of hydrogen-bond donors (Lipinski definition) is 3. The van der Waals surface area contributed by atoms with Gasteiger partial charge < -0.3 is 15.5 Å². The van der Waals surface area contributed by atoms with E-state index in [1.807, 2.05) is 7.05 Å². The van der Waals surface area contributed by atoms with E-state index in [4.69, 9.17) is 16.4 Å². The Morgan fingerprint density at radius 1 is 1.41 bits per heavy atom. The number of nitrogens with two attached hydrogens (primary N) is 1. The first kappa shape index (κ1) is 15.7. The average molecular weight is 303 g/mol. The largest absolute Gasteiger partial charge is 0.382 e. The molecule has 1 fully saturated rings. The molecule has 0 aliphatic carbocycles. The molecule has 0 aromatic heterocycles. The number of amidine groups is 1. The van der Waals surface area contributed by atoms with E-state index in [-0.39, 0.29) is 11.4 Å². The summed E-state index contributed by atoms with van der Waals surface area (Å²) in [5.74, 6) is -0.937. The van der Waals surface area contributed by atoms with Crippen LogP contribution >= 0.6 is 0 Å². The Hall–Kier alpha value is -2.66. The highest BCUT2D eigenvalue weighted by atomic mass is 19.1. The molecule has 116 valence electrons. The van der Waals surface area contributed by atoms with Crippen molar-refractivity contribution in [1.82, 2.24) is 4.90 Å². The number of benzene rings is 1. The molecule has 0 amide bonds. The summed E-state index contributed by atoms with van der Waals surface area (Å²) in [5.41, 5.74) is 8.34. The third-order valence-corrected chi connectivity index (χ3v) is 3.48. The molecule has 0 unspecified atom stereocenters. The van der Waals surface area contributed by atoms with Crippen molar-refractivity contribution in [3.8, 4) is 6.07 Å². The number of hydrazone groups is 1. The van der Waals surface area contributed by atoms with Crippen molar-refractivity contribution in [3.05, 3.63) is 24.0 Å². The highest BCUT2D eigenvalue weighted by Crippen LogP contribution is 2.29. The minimum absolute atomic E-state index is 0.182. The number of likely N-dealkylation sites (N-methyl/N-ethyl adjacent to an activating group) is 1. The lowest BCUT2D eigenvalue weighted by Crippen LogP contribution is -2.44. The summed E-state index contributed by atoms with van der Waals surface area (Å²) in [6.45, 7) is 3.32. The number of halogens is 1. The number of hydrogen-bond acceptors (Lipinski definition) is 6. The SMILES string of the molecule is CN1CCN(c2cccc(F)c2N/N=C(\C#N)C(=N)N)CC1. The molecular weight excluding hydrogens is 285 g/mol. The number of nitrogens with zero attached hydrogens (tertiary/aromatic N) is 4. The Balaban J connectivity index is 2.27. The second-order valence-corrected chi connectivity index (χ2v) is 5.02. The van der Waals surface area contributed by atoms with E-state index in [9.17, 15) is 4.39 Å². The van der Waals surface area contributed by atoms with Gasteiger partial charge in [-0.25, -0.2) is 4.39 Å². The summed E-state index contributed by atoms with van der Waals surface area (Å²) < 4.78 is 14.1. The molecule has 4 N–H and O–H groups in total. The second-order valence-electron chi connectivity index (χ2n) is 5.02. The van der Waals surface area contributed by atoms with Crippen LogP contribution < -0.4 is 16.1 Å². The van der Waals surface area contributed by atoms with Gasteiger partial charge in [0, 0.05) is 26.2 Å². The first-order valence-electron chi connectivity index (χ1n) is 6.83. The Labute approximate surface area is 128 Å². The van der Waals surface area contributed by atoms with E-state index in [1.54, 1.807) is 18.2 Å². The Bertz CT molecular complexity index is 627. The van der Waals surface area contributed by atoms with Crippen LogP contribution in [-0.4, -0.2) is 49.7 Å². The van der Waals surface area contributed by atoms with Crippen molar-refractivity contribution in [3.63, 3.8) is 0 Å². The molecular formula is C14H18FN7. The molecule has 7 nitrogen and oxygen atoms in total. The zero-order valence-corrected chi connectivity index (χ0v) is 12.3. The quantitative estimate of drug-likeness (QED) is 0.433. The first-order chi connectivity index (χ1) is 10.5. The fourth-order valence-electron chi connectivity index (χ4n) is 2.19. The Kier molecular flexibility index (Phi) is 4.91. The highest BCUT2D eigenvalue weighted by Gasteiger charge is 2.19. The maximum Gasteiger partial charge on any atom is 0.201 e. The Morgan fingerprint density at radius 2 is 2.09 bits per heavy atom. The van der Waals surface area contributed by atoms with Gasteiger partial charge in [0.15, 0.2) is 5.84 Å². The summed E-state index contributed by atoms with van der Waals surface area (Å²) >= 11 is 0. The molecule has 1 saturated heterocycles. The fraction of sp³-hybridized carbons (Fsp3) is 0.357. The van der Waals surface area contributed by atoms with Crippen molar-refractivity contribution < 1.29 is 4.39 Å². The van der Waals surface area contributed by atoms with Gasteiger partial charge in [-0.15, -0.1) is 0 Å². The maximum atomic E-state index is 14.1. The predicted molar refractivity (Wildman–Crippen MR) is 84.7 cm³/mol. The standard InChI is InChI=1S/C14H18FN7/c1-21-5-7-22(8-6-21)12-4-2-3-10(15)13(12)20-19-11(9-16)14(17)18/h2-4,20H,5-8H2,1H3,(H3,17,18)/b19-11+. The van der Waals surface area contributed by atoms with Crippen molar-refractivity contribution in [2.75, 3.05) is 43.6 Å². The zero-order valence-electron chi connectivity index (χ0n) is 12.3. The molecule has 1 aliphatic rings. The highest BCUT2D eigenvalue weighted by molar-refractivity contribution is 6.45. The van der Waals surface area contributed by atoms with Crippen LogP contribution in [0.4, 0.5) is 15.8 Å². The number of anilines is 2. The lowest BCUT2D eigenvalue weighted by atomic mass is 10.2. The normalized spacial score (nSPS) is 16.2. The number of nitrogens with one attached hydrogen (secondary N) is 2. The molecule has 2 rings (SSSR count). The van der Waals surface area contributed by atoms with E-state index < -0.39 is 11.7 Å². The van der Waals surface area contributed by atoms with Gasteiger partial charge in [-0.2, -0.15) is 10.4 Å². The van der Waals surface area contributed by atoms with Gasteiger partial charge in [-0.1, -0.05) is 6.07 Å². The summed E-state index contributed by atoms with van der Waals surface area (Å²) in [4.78, 5) is 4.26. The van der Waals surface area contributed by atoms with E-state index in [1.165, 1.54) is 6.07 Å². The number of para-hydroxylation sites is 1. The topological polar surface area (TPSA) is 105 Å². The molecule has 0 radical (unpaired) electrons. The van der Waals surface area contributed by atoms with Crippen LogP contribution in [0.25, 0.3) is 0 Å². The van der Waals surface area contributed by atoms with Crippen LogP contribution in [0, 0.1) is 22.6 Å². The molecule has 8 heteroatoms. The number of nitriles is 1. The van der Waals surface area contributed by atoms with Gasteiger partial charge in [0.05, 0.1) is 5.69 Å². The molecule has 22 heavy (non-hydrogen) atoms. The van der Waals surface area contributed by atoms with Crippen LogP contribution in [0.1, 0.15) is 0 Å². The van der Waals surface area contributed by atoms with E-state index in [2.05, 4.69) is 20.3 Å². The fourth-order valence-corrected chi connectivity index (χ4v) is 2.19. The van der Waals surface area contributed by atoms with Crippen LogP contribution in [0.3, 0.4) is 0 Å². The monoisotopic (exact) mass is 303 g/mol. The van der Waals surface area contributed by atoms with Gasteiger partial charge in [0.1, 0.15) is 17.6 Å². The minimum Gasteiger partial charge on any atom is -0.382 e. The maximum absolute atomic E-state index is 14.1. The van der Waals surface area contributed by atoms with Gasteiger partial charge >= 0.3 is 0 Å². The van der Waals surface area contributed by atoms with Gasteiger partial charge in [-0.05, 0) is 19.2 Å². The summed E-state index contributed by atoms with van der Waals surface area (Å²) in [5, 5.41) is 19.8. The molecule has 0 saturated carbocycles. The third kappa shape index (κ3) is 3.51. The first-order valence-corrected chi connectivity index (χ1v) is 6.83. The molecule has 0 spiro atoms. The molecule has 0 bridgehead atoms. The van der Waals surface area contributed by atoms with Crippen molar-refractivity contribution in [2.24, 2.45) is 10.8 Å². The average Bonchev–Trinajstić information content (AvgIpc) is 2.49. The van der Waals surface area contributed by atoms with E-state index in [0.29, 0.717) is 5.69 Å². The van der Waals surface area contributed by atoms with Crippen LogP contribution in [0.15, 0.2) is 23.3 Å². The van der Waals surface area contributed by atoms with Crippen LogP contribution in [0.5, 0.6) is 0 Å². The van der Waals surface area contributed by atoms with E-state index in [0.717, 1.165) is 26.2 Å². The van der Waals surface area contributed by atoms with Crippen molar-refractivity contribution >= 4 is 22.9 Å². The van der Waals surface area contributed by atoms with Crippen LogP contribution in [0.2, 0.25) is 0 Å². The third-order valence-electron chi connectivity index (χ3n) is 3.48. The van der Waals surface area contributed by atoms with Gasteiger partial charge in [0.25, 0.3) is 0 Å². The molecule has 1 aliphatic heterocycles. The number of rotatable bonds is 4. The van der Waals surface area contributed by atoms with Crippen LogP contribution in [-0.2, 0) is 0 Å². The molecule has 1 heterocycles. The lowest BCUT2D eigenvalue weighted by molar-refractivity contribution is 0.313. The molecule has 1 aromatic rings. The van der Waals surface area contributed by atoms with Crippen molar-refractivity contribution in [1.29, 1.82) is 10.7 Å². The zero-order chi connectivity index (χ0) is 16.1. The predicted octanol–water partition coefficient (Wildman–Crippen LogP) is 0.805. The summed E-state index contributed by atoms with van der Waals surface area (Å²) in [6, 6.07) is 6.44. The van der Waals surface area contributed by atoms with Crippen molar-refractivity contribution in [2.45, 2.75) is 0 Å². The van der Waals surface area contributed by atoms with Gasteiger partial charge in [-0.3, -0.25) is 10.8 Å². The second kappa shape index (κ2) is 6.87. The Morgan fingerprint density at radius 3 is 2.68 bits per heavy atom. The summed E-state index contributed by atoms with van der Waals surface area (Å²) in [6.07, 6.45) is 0. The lowest BCUT2D eigenvalue weighted by Gasteiger charge is -2.35. The smallest absolute Gasteiger partial charge is 0.201 e. The van der Waals surface area contributed by atoms with Gasteiger partial charge in [0.2, 0.25) is 5.71 Å². The summed E-state index contributed by atoms with van der Waals surface area (Å²) in [7, 11) is 2.04. The molecule has 1 aromatic carbocycles. The minimum atomic E-state index is -0.471. The van der Waals surface area contributed by atoms with E-state index >= 15 is 0 Å². The molecule has 0 atom stereocenters. The number of piperazine rings is 1.